The minimum Gasteiger partial charge on any atom is -0.347 e. The van der Waals surface area contributed by atoms with Crippen LogP contribution in [-0.2, 0) is 10.0 Å². The Labute approximate surface area is 144 Å². The van der Waals surface area contributed by atoms with Gasteiger partial charge in [0.15, 0.2) is 0 Å². The van der Waals surface area contributed by atoms with E-state index >= 15 is 0 Å². The van der Waals surface area contributed by atoms with Crippen LogP contribution in [0.2, 0.25) is 0 Å². The van der Waals surface area contributed by atoms with Gasteiger partial charge in [-0.05, 0) is 31.7 Å². The third-order valence-electron chi connectivity index (χ3n) is 4.28. The summed E-state index contributed by atoms with van der Waals surface area (Å²) >= 11 is 3.41. The number of likely N-dealkylation sites (N-methyl/N-ethyl adjacent to an activating group) is 1. The molecule has 124 valence electrons. The maximum absolute atomic E-state index is 13.0. The number of hydrogen-bond acceptors (Lipinski definition) is 4. The molecule has 1 aromatic heterocycles. The number of nitrogens with zero attached hydrogens (tertiary/aromatic N) is 3. The van der Waals surface area contributed by atoms with Crippen molar-refractivity contribution < 1.29 is 8.42 Å². The maximum Gasteiger partial charge on any atom is 0.243 e. The maximum atomic E-state index is 13.0. The highest BCUT2D eigenvalue weighted by atomic mass is 79.9. The second kappa shape index (κ2) is 6.35. The lowest BCUT2D eigenvalue weighted by Gasteiger charge is -2.37. The molecule has 1 aromatic carbocycles. The van der Waals surface area contributed by atoms with E-state index in [0.717, 1.165) is 15.9 Å². The van der Waals surface area contributed by atoms with E-state index in [1.54, 1.807) is 28.8 Å². The van der Waals surface area contributed by atoms with Gasteiger partial charge in [-0.3, -0.25) is 4.90 Å². The first-order valence-electron chi connectivity index (χ1n) is 7.36. The Hall–Kier alpha value is -1.22. The molecule has 0 bridgehead atoms. The highest BCUT2D eigenvalue weighted by Crippen LogP contribution is 2.29. The van der Waals surface area contributed by atoms with Crippen LogP contribution in [0, 0.1) is 6.92 Å². The third-order valence-corrected chi connectivity index (χ3v) is 7.15. The summed E-state index contributed by atoms with van der Waals surface area (Å²) < 4.78 is 28.4. The molecule has 1 saturated heterocycles. The molecular weight excluding hydrogens is 380 g/mol. The van der Waals surface area contributed by atoms with E-state index in [0.29, 0.717) is 24.5 Å². The van der Waals surface area contributed by atoms with Crippen molar-refractivity contribution in [2.45, 2.75) is 17.9 Å². The fraction of sp³-hybridized carbons (Fsp3) is 0.400. The molecule has 0 amide bonds. The van der Waals surface area contributed by atoms with Crippen LogP contribution >= 0.6 is 15.9 Å². The van der Waals surface area contributed by atoms with Crippen molar-refractivity contribution in [2.24, 2.45) is 0 Å². The fourth-order valence-electron chi connectivity index (χ4n) is 2.83. The van der Waals surface area contributed by atoms with Crippen LogP contribution in [0.1, 0.15) is 17.4 Å². The minimum atomic E-state index is -3.53. The second-order valence-electron chi connectivity index (χ2n) is 5.70. The first kappa shape index (κ1) is 16.6. The summed E-state index contributed by atoms with van der Waals surface area (Å²) in [6.45, 7) is 3.34. The van der Waals surface area contributed by atoms with Crippen LogP contribution < -0.4 is 0 Å². The molecular formula is C15H19BrN4O2S. The Balaban J connectivity index is 1.93. The smallest absolute Gasteiger partial charge is 0.243 e. The van der Waals surface area contributed by atoms with Gasteiger partial charge in [-0.1, -0.05) is 22.0 Å². The summed E-state index contributed by atoms with van der Waals surface area (Å²) in [6.07, 6.45) is 3.45. The number of rotatable bonds is 3. The summed E-state index contributed by atoms with van der Waals surface area (Å²) in [4.78, 5) is 9.85. The fourth-order valence-corrected chi connectivity index (χ4v) is 5.01. The normalized spacial score (nSPS) is 20.7. The average Bonchev–Trinajstić information content (AvgIpc) is 3.04. The number of halogens is 1. The lowest BCUT2D eigenvalue weighted by molar-refractivity contribution is 0.142. The predicted molar refractivity (Wildman–Crippen MR) is 91.6 cm³/mol. The molecule has 1 N–H and O–H groups in total. The average molecular weight is 399 g/mol. The van der Waals surface area contributed by atoms with Crippen molar-refractivity contribution >= 4 is 26.0 Å². The molecule has 8 heteroatoms. The molecule has 0 spiro atoms. The van der Waals surface area contributed by atoms with E-state index in [9.17, 15) is 8.42 Å². The third kappa shape index (κ3) is 3.08. The highest BCUT2D eigenvalue weighted by molar-refractivity contribution is 9.10. The molecule has 1 atom stereocenters. The second-order valence-corrected chi connectivity index (χ2v) is 8.46. The van der Waals surface area contributed by atoms with Crippen LogP contribution in [0.3, 0.4) is 0 Å². The SMILES string of the molecule is Cc1c(Br)cccc1S(=O)(=O)N1CCN(C)C(c2ncc[nH]2)C1. The number of aromatic nitrogens is 2. The van der Waals surface area contributed by atoms with E-state index in [-0.39, 0.29) is 6.04 Å². The van der Waals surface area contributed by atoms with Crippen LogP contribution in [0.5, 0.6) is 0 Å². The van der Waals surface area contributed by atoms with Gasteiger partial charge in [-0.15, -0.1) is 0 Å². The summed E-state index contributed by atoms with van der Waals surface area (Å²) in [6, 6.07) is 5.20. The zero-order chi connectivity index (χ0) is 16.6. The molecule has 1 unspecified atom stereocenters. The zero-order valence-electron chi connectivity index (χ0n) is 13.0. The molecule has 0 radical (unpaired) electrons. The molecule has 2 heterocycles. The van der Waals surface area contributed by atoms with Gasteiger partial charge in [0.1, 0.15) is 5.82 Å². The van der Waals surface area contributed by atoms with E-state index in [1.165, 1.54) is 0 Å². The quantitative estimate of drug-likeness (QED) is 0.859. The van der Waals surface area contributed by atoms with Crippen molar-refractivity contribution in [1.29, 1.82) is 0 Å². The van der Waals surface area contributed by atoms with E-state index in [4.69, 9.17) is 0 Å². The Bertz CT molecular complexity index is 792. The Morgan fingerprint density at radius 1 is 1.35 bits per heavy atom. The summed E-state index contributed by atoms with van der Waals surface area (Å²) in [7, 11) is -1.54. The summed E-state index contributed by atoms with van der Waals surface area (Å²) in [5, 5.41) is 0. The molecule has 1 aliphatic heterocycles. The highest BCUT2D eigenvalue weighted by Gasteiger charge is 2.35. The molecule has 1 aliphatic rings. The van der Waals surface area contributed by atoms with Crippen LogP contribution in [0.15, 0.2) is 40.0 Å². The number of aromatic amines is 1. The molecule has 2 aromatic rings. The largest absolute Gasteiger partial charge is 0.347 e. The van der Waals surface area contributed by atoms with Crippen LogP contribution in [0.4, 0.5) is 0 Å². The number of benzene rings is 1. The predicted octanol–water partition coefficient (Wildman–Crippen LogP) is 2.16. The lowest BCUT2D eigenvalue weighted by Crippen LogP contribution is -2.49. The van der Waals surface area contributed by atoms with Gasteiger partial charge in [0.2, 0.25) is 10.0 Å². The van der Waals surface area contributed by atoms with Crippen molar-refractivity contribution in [3.05, 3.63) is 46.5 Å². The van der Waals surface area contributed by atoms with Crippen molar-refractivity contribution in [3.8, 4) is 0 Å². The standard InChI is InChI=1S/C15H19BrN4O2S/c1-11-12(16)4-3-5-14(11)23(21,22)20-9-8-19(2)13(10-20)15-17-6-7-18-15/h3-7,13H,8-10H2,1-2H3,(H,17,18). The van der Waals surface area contributed by atoms with Gasteiger partial charge in [-0.2, -0.15) is 4.31 Å². The first-order valence-corrected chi connectivity index (χ1v) is 9.59. The molecule has 0 aliphatic carbocycles. The molecule has 3 rings (SSSR count). The molecule has 1 fully saturated rings. The summed E-state index contributed by atoms with van der Waals surface area (Å²) in [5.74, 6) is 0.790. The zero-order valence-corrected chi connectivity index (χ0v) is 15.4. The number of nitrogens with one attached hydrogen (secondary N) is 1. The van der Waals surface area contributed by atoms with Gasteiger partial charge < -0.3 is 4.98 Å². The first-order chi connectivity index (χ1) is 10.9. The van der Waals surface area contributed by atoms with Crippen molar-refractivity contribution in [1.82, 2.24) is 19.2 Å². The van der Waals surface area contributed by atoms with Crippen molar-refractivity contribution in [3.63, 3.8) is 0 Å². The molecule has 23 heavy (non-hydrogen) atoms. The number of imidazole rings is 1. The molecule has 6 nitrogen and oxygen atoms in total. The number of sulfonamides is 1. The van der Waals surface area contributed by atoms with Gasteiger partial charge in [-0.25, -0.2) is 13.4 Å². The molecule has 0 saturated carbocycles. The Morgan fingerprint density at radius 2 is 2.13 bits per heavy atom. The van der Waals surface area contributed by atoms with Crippen LogP contribution in [0.25, 0.3) is 0 Å². The number of H-pyrrole nitrogens is 1. The van der Waals surface area contributed by atoms with Crippen molar-refractivity contribution in [2.75, 3.05) is 26.7 Å². The van der Waals surface area contributed by atoms with Gasteiger partial charge >= 0.3 is 0 Å². The van der Waals surface area contributed by atoms with Gasteiger partial charge in [0, 0.05) is 36.5 Å². The summed E-state index contributed by atoms with van der Waals surface area (Å²) in [5.41, 5.74) is 0.737. The monoisotopic (exact) mass is 398 g/mol. The van der Waals surface area contributed by atoms with E-state index < -0.39 is 10.0 Å². The van der Waals surface area contributed by atoms with Gasteiger partial charge in [0.05, 0.1) is 10.9 Å². The Kier molecular flexibility index (Phi) is 4.59. The lowest BCUT2D eigenvalue weighted by atomic mass is 10.2. The minimum absolute atomic E-state index is 0.0685. The Morgan fingerprint density at radius 3 is 2.83 bits per heavy atom. The topological polar surface area (TPSA) is 69.3 Å². The van der Waals surface area contributed by atoms with E-state index in [1.807, 2.05) is 20.0 Å². The van der Waals surface area contributed by atoms with Gasteiger partial charge in [0.25, 0.3) is 0 Å². The number of piperazine rings is 1. The van der Waals surface area contributed by atoms with E-state index in [2.05, 4.69) is 30.8 Å². The number of hydrogen-bond donors (Lipinski definition) is 1. The van der Waals surface area contributed by atoms with Crippen LogP contribution in [-0.4, -0.2) is 54.3 Å².